The van der Waals surface area contributed by atoms with Gasteiger partial charge in [-0.2, -0.15) is 5.10 Å². The van der Waals surface area contributed by atoms with Crippen molar-refractivity contribution in [3.8, 4) is 5.75 Å². The van der Waals surface area contributed by atoms with Gasteiger partial charge < -0.3 is 4.74 Å². The van der Waals surface area contributed by atoms with Gasteiger partial charge >= 0.3 is 0 Å². The van der Waals surface area contributed by atoms with Crippen molar-refractivity contribution in [2.75, 3.05) is 0 Å². The number of benzene rings is 3. The molecule has 3 aromatic rings. The number of carbonyl (C=O) groups is 1. The fourth-order valence-electron chi connectivity index (χ4n) is 3.08. The van der Waals surface area contributed by atoms with Crippen LogP contribution in [0.4, 0.5) is 0 Å². The van der Waals surface area contributed by atoms with Gasteiger partial charge in [-0.3, -0.25) is 4.79 Å². The first-order valence-corrected chi connectivity index (χ1v) is 11.9. The van der Waals surface area contributed by atoms with E-state index in [0.717, 1.165) is 25.6 Å². The Bertz CT molecular complexity index is 1090. The lowest BCUT2D eigenvalue weighted by Crippen LogP contribution is -2.20. The monoisotopic (exact) mass is 556 g/mol. The highest BCUT2D eigenvalue weighted by atomic mass is 79.9. The number of nitrogens with zero attached hydrogens (tertiary/aromatic N) is 1. The van der Waals surface area contributed by atoms with Crippen LogP contribution in [0, 0.1) is 0 Å². The number of ether oxygens (including phenoxy) is 1. The Balaban J connectivity index is 1.64. The van der Waals surface area contributed by atoms with Crippen molar-refractivity contribution in [1.82, 2.24) is 5.43 Å². The SMILES string of the molecule is CC(C)(C)c1ccc(CC(=O)N/N=C\c2cc(Br)cc(Br)c2OCc2ccccc2)cc1. The molecule has 0 aliphatic rings. The molecule has 6 heteroatoms. The summed E-state index contributed by atoms with van der Waals surface area (Å²) in [5.74, 6) is 0.485. The molecule has 0 saturated carbocycles. The summed E-state index contributed by atoms with van der Waals surface area (Å²) >= 11 is 7.05. The number of halogens is 2. The first kappa shape index (κ1) is 24.2. The van der Waals surface area contributed by atoms with Crippen LogP contribution in [0.1, 0.15) is 43.0 Å². The molecule has 3 aromatic carbocycles. The van der Waals surface area contributed by atoms with Crippen molar-refractivity contribution < 1.29 is 9.53 Å². The summed E-state index contributed by atoms with van der Waals surface area (Å²) in [6, 6.07) is 21.9. The second-order valence-corrected chi connectivity index (χ2v) is 10.3. The predicted molar refractivity (Wildman–Crippen MR) is 137 cm³/mol. The number of amides is 1. The number of rotatable bonds is 7. The van der Waals surface area contributed by atoms with Crippen molar-refractivity contribution in [2.24, 2.45) is 5.10 Å². The van der Waals surface area contributed by atoms with Crippen molar-refractivity contribution >= 4 is 44.0 Å². The van der Waals surface area contributed by atoms with Crippen LogP contribution in [0.15, 0.2) is 80.8 Å². The van der Waals surface area contributed by atoms with Crippen LogP contribution in [-0.4, -0.2) is 12.1 Å². The molecule has 0 aliphatic heterocycles. The van der Waals surface area contributed by atoms with E-state index in [-0.39, 0.29) is 17.7 Å². The smallest absolute Gasteiger partial charge is 0.244 e. The molecule has 32 heavy (non-hydrogen) atoms. The molecule has 0 saturated heterocycles. The van der Waals surface area contributed by atoms with Gasteiger partial charge in [0.25, 0.3) is 0 Å². The van der Waals surface area contributed by atoms with Crippen molar-refractivity contribution in [2.45, 2.75) is 39.2 Å². The molecule has 3 rings (SSSR count). The Labute approximate surface area is 206 Å². The van der Waals surface area contributed by atoms with Crippen LogP contribution < -0.4 is 10.2 Å². The lowest BCUT2D eigenvalue weighted by atomic mass is 9.86. The van der Waals surface area contributed by atoms with E-state index >= 15 is 0 Å². The summed E-state index contributed by atoms with van der Waals surface area (Å²) in [6.45, 7) is 6.93. The Morgan fingerprint density at radius 3 is 2.34 bits per heavy atom. The number of carbonyl (C=O) groups excluding carboxylic acids is 1. The number of hydrogen-bond acceptors (Lipinski definition) is 3. The van der Waals surface area contributed by atoms with E-state index in [4.69, 9.17) is 4.74 Å². The van der Waals surface area contributed by atoms with Gasteiger partial charge in [-0.25, -0.2) is 5.43 Å². The van der Waals surface area contributed by atoms with Gasteiger partial charge in [-0.15, -0.1) is 0 Å². The number of hydrazone groups is 1. The van der Waals surface area contributed by atoms with Gasteiger partial charge in [0.05, 0.1) is 17.1 Å². The largest absolute Gasteiger partial charge is 0.487 e. The summed E-state index contributed by atoms with van der Waals surface area (Å²) in [7, 11) is 0. The highest BCUT2D eigenvalue weighted by Crippen LogP contribution is 2.32. The van der Waals surface area contributed by atoms with Gasteiger partial charge in [-0.1, -0.05) is 91.3 Å². The van der Waals surface area contributed by atoms with Gasteiger partial charge in [0, 0.05) is 10.0 Å². The van der Waals surface area contributed by atoms with E-state index in [2.05, 4.69) is 75.3 Å². The Morgan fingerprint density at radius 2 is 1.69 bits per heavy atom. The summed E-state index contributed by atoms with van der Waals surface area (Å²) in [5, 5.41) is 4.15. The van der Waals surface area contributed by atoms with Crippen LogP contribution in [0.25, 0.3) is 0 Å². The number of nitrogens with one attached hydrogen (secondary N) is 1. The van der Waals surface area contributed by atoms with Crippen LogP contribution in [0.5, 0.6) is 5.75 Å². The standard InChI is InChI=1S/C26H26Br2N2O2/c1-26(2,3)21-11-9-18(10-12-21)13-24(31)30-29-16-20-14-22(27)15-23(28)25(20)32-17-19-7-5-4-6-8-19/h4-12,14-16H,13,17H2,1-3H3,(H,30,31)/b29-16-. The molecule has 0 aliphatic carbocycles. The molecular weight excluding hydrogens is 532 g/mol. The van der Waals surface area contributed by atoms with E-state index in [1.165, 1.54) is 5.56 Å². The van der Waals surface area contributed by atoms with E-state index in [0.29, 0.717) is 12.4 Å². The zero-order valence-electron chi connectivity index (χ0n) is 18.4. The van der Waals surface area contributed by atoms with Crippen molar-refractivity contribution in [3.63, 3.8) is 0 Å². The highest BCUT2D eigenvalue weighted by molar-refractivity contribution is 9.11. The van der Waals surface area contributed by atoms with Crippen molar-refractivity contribution in [1.29, 1.82) is 0 Å². The fourth-order valence-corrected chi connectivity index (χ4v) is 4.45. The predicted octanol–water partition coefficient (Wildman–Crippen LogP) is 6.78. The van der Waals surface area contributed by atoms with Crippen LogP contribution in [-0.2, 0) is 23.2 Å². The van der Waals surface area contributed by atoms with Crippen molar-refractivity contribution in [3.05, 3.63) is 97.9 Å². The molecular formula is C26H26Br2N2O2. The third-order valence-corrected chi connectivity index (χ3v) is 5.89. The zero-order chi connectivity index (χ0) is 23.1. The molecule has 166 valence electrons. The molecule has 4 nitrogen and oxygen atoms in total. The molecule has 0 aromatic heterocycles. The lowest BCUT2D eigenvalue weighted by Gasteiger charge is -2.19. The van der Waals surface area contributed by atoms with Crippen LogP contribution in [0.2, 0.25) is 0 Å². The van der Waals surface area contributed by atoms with Gasteiger partial charge in [-0.05, 0) is 50.2 Å². The molecule has 0 heterocycles. The van der Waals surface area contributed by atoms with E-state index in [1.807, 2.05) is 54.6 Å². The second-order valence-electron chi connectivity index (χ2n) is 8.50. The molecule has 0 fully saturated rings. The minimum atomic E-state index is -0.175. The molecule has 0 radical (unpaired) electrons. The second kappa shape index (κ2) is 10.9. The first-order chi connectivity index (χ1) is 15.2. The molecule has 0 spiro atoms. The third kappa shape index (κ3) is 7.04. The average Bonchev–Trinajstić information content (AvgIpc) is 2.73. The Kier molecular flexibility index (Phi) is 8.26. The first-order valence-electron chi connectivity index (χ1n) is 10.3. The van der Waals surface area contributed by atoms with E-state index in [1.54, 1.807) is 6.21 Å². The molecule has 0 bridgehead atoms. The maximum atomic E-state index is 12.3. The maximum absolute atomic E-state index is 12.3. The van der Waals surface area contributed by atoms with Gasteiger partial charge in [0.15, 0.2) is 0 Å². The van der Waals surface area contributed by atoms with E-state index in [9.17, 15) is 4.79 Å². The molecule has 1 amide bonds. The number of hydrogen-bond donors (Lipinski definition) is 1. The Hall–Kier alpha value is -2.44. The summed E-state index contributed by atoms with van der Waals surface area (Å²) < 4.78 is 7.71. The maximum Gasteiger partial charge on any atom is 0.244 e. The van der Waals surface area contributed by atoms with Crippen LogP contribution >= 0.6 is 31.9 Å². The summed E-state index contributed by atoms with van der Waals surface area (Å²) in [5.41, 5.74) is 6.69. The molecule has 0 atom stereocenters. The Morgan fingerprint density at radius 1 is 1.00 bits per heavy atom. The van der Waals surface area contributed by atoms with Gasteiger partial charge in [0.2, 0.25) is 5.91 Å². The van der Waals surface area contributed by atoms with Crippen LogP contribution in [0.3, 0.4) is 0 Å². The quantitative estimate of drug-likeness (QED) is 0.257. The minimum Gasteiger partial charge on any atom is -0.487 e. The summed E-state index contributed by atoms with van der Waals surface area (Å²) in [6.07, 6.45) is 1.86. The molecule has 1 N–H and O–H groups in total. The average molecular weight is 558 g/mol. The zero-order valence-corrected chi connectivity index (χ0v) is 21.5. The lowest BCUT2D eigenvalue weighted by molar-refractivity contribution is -0.120. The topological polar surface area (TPSA) is 50.7 Å². The van der Waals surface area contributed by atoms with Gasteiger partial charge in [0.1, 0.15) is 12.4 Å². The normalized spacial score (nSPS) is 11.5. The van der Waals surface area contributed by atoms with E-state index < -0.39 is 0 Å². The fraction of sp³-hybridized carbons (Fsp3) is 0.231. The third-order valence-electron chi connectivity index (χ3n) is 4.84. The minimum absolute atomic E-state index is 0.0869. The highest BCUT2D eigenvalue weighted by Gasteiger charge is 2.13. The molecule has 0 unspecified atom stereocenters. The summed E-state index contributed by atoms with van der Waals surface area (Å²) in [4.78, 5) is 12.3.